The van der Waals surface area contributed by atoms with Crippen molar-refractivity contribution in [2.75, 3.05) is 6.54 Å². The van der Waals surface area contributed by atoms with Gasteiger partial charge in [0, 0.05) is 23.1 Å². The molecule has 4 rings (SSSR count). The summed E-state index contributed by atoms with van der Waals surface area (Å²) in [5.41, 5.74) is 4.17. The second kappa shape index (κ2) is 5.13. The second-order valence-electron chi connectivity index (χ2n) is 5.82. The van der Waals surface area contributed by atoms with Gasteiger partial charge in [0.05, 0.1) is 5.56 Å². The van der Waals surface area contributed by atoms with Crippen LogP contribution < -0.4 is 5.32 Å². The number of nitrogens with one attached hydrogen (secondary N) is 2. The average Bonchev–Trinajstić information content (AvgIpc) is 2.93. The smallest absolute Gasteiger partial charge is 0.357 e. The van der Waals surface area contributed by atoms with Crippen LogP contribution in [0.3, 0.4) is 0 Å². The highest BCUT2D eigenvalue weighted by Gasteiger charge is 2.30. The first kappa shape index (κ1) is 14.3. The molecule has 0 unspecified atom stereocenters. The molecule has 0 amide bonds. The van der Waals surface area contributed by atoms with Crippen LogP contribution in [-0.2, 0) is 19.1 Å². The van der Waals surface area contributed by atoms with Crippen LogP contribution in [0.5, 0.6) is 0 Å². The van der Waals surface area contributed by atoms with Gasteiger partial charge in [0.25, 0.3) is 0 Å². The fourth-order valence-corrected chi connectivity index (χ4v) is 3.33. The predicted molar refractivity (Wildman–Crippen MR) is 84.1 cm³/mol. The summed E-state index contributed by atoms with van der Waals surface area (Å²) in [5, 5.41) is 4.35. The Morgan fingerprint density at radius 3 is 2.65 bits per heavy atom. The molecular weight excluding hydrogens is 301 g/mol. The Kier molecular flexibility index (Phi) is 3.20. The summed E-state index contributed by atoms with van der Waals surface area (Å²) in [6.07, 6.45) is -3.45. The minimum atomic E-state index is -4.33. The molecule has 0 fully saturated rings. The van der Waals surface area contributed by atoms with Gasteiger partial charge in [0.15, 0.2) is 0 Å². The SMILES string of the molecule is FC(F)(F)c1cccc(-c2cccc3[nH]c4c(c23)CCNC4)c1. The Balaban J connectivity index is 1.94. The van der Waals surface area contributed by atoms with Gasteiger partial charge in [0.1, 0.15) is 0 Å². The molecule has 2 aromatic carbocycles. The summed E-state index contributed by atoms with van der Waals surface area (Å²) < 4.78 is 39.0. The van der Waals surface area contributed by atoms with Crippen molar-refractivity contribution in [1.29, 1.82) is 0 Å². The summed E-state index contributed by atoms with van der Waals surface area (Å²) in [6.45, 7) is 1.66. The van der Waals surface area contributed by atoms with E-state index in [2.05, 4.69) is 10.3 Å². The van der Waals surface area contributed by atoms with Crippen LogP contribution >= 0.6 is 0 Å². The molecule has 2 heterocycles. The van der Waals surface area contributed by atoms with E-state index in [9.17, 15) is 13.2 Å². The second-order valence-corrected chi connectivity index (χ2v) is 5.82. The molecule has 3 aromatic rings. The van der Waals surface area contributed by atoms with Crippen molar-refractivity contribution < 1.29 is 13.2 Å². The first-order valence-corrected chi connectivity index (χ1v) is 7.55. The minimum Gasteiger partial charge on any atom is -0.357 e. The third-order valence-corrected chi connectivity index (χ3v) is 4.37. The van der Waals surface area contributed by atoms with E-state index in [0.29, 0.717) is 5.56 Å². The molecule has 0 saturated carbocycles. The van der Waals surface area contributed by atoms with Crippen molar-refractivity contribution in [1.82, 2.24) is 10.3 Å². The van der Waals surface area contributed by atoms with E-state index in [-0.39, 0.29) is 0 Å². The quantitative estimate of drug-likeness (QED) is 0.680. The van der Waals surface area contributed by atoms with E-state index < -0.39 is 11.7 Å². The van der Waals surface area contributed by atoms with Crippen LogP contribution in [0.2, 0.25) is 0 Å². The van der Waals surface area contributed by atoms with Crippen molar-refractivity contribution >= 4 is 10.9 Å². The number of halogens is 3. The molecule has 23 heavy (non-hydrogen) atoms. The molecule has 0 spiro atoms. The molecule has 0 saturated heterocycles. The number of hydrogen-bond donors (Lipinski definition) is 2. The number of aromatic amines is 1. The van der Waals surface area contributed by atoms with Gasteiger partial charge in [-0.2, -0.15) is 13.2 Å². The molecule has 0 bridgehead atoms. The van der Waals surface area contributed by atoms with Crippen molar-refractivity contribution in [2.45, 2.75) is 19.1 Å². The van der Waals surface area contributed by atoms with E-state index in [4.69, 9.17) is 0 Å². The number of H-pyrrole nitrogens is 1. The predicted octanol–water partition coefficient (Wildman–Crippen LogP) is 4.50. The molecule has 2 nitrogen and oxygen atoms in total. The highest BCUT2D eigenvalue weighted by atomic mass is 19.4. The van der Waals surface area contributed by atoms with Gasteiger partial charge in [-0.15, -0.1) is 0 Å². The number of aromatic nitrogens is 1. The van der Waals surface area contributed by atoms with Crippen LogP contribution in [0.1, 0.15) is 16.8 Å². The van der Waals surface area contributed by atoms with Gasteiger partial charge in [-0.3, -0.25) is 0 Å². The topological polar surface area (TPSA) is 27.8 Å². The van der Waals surface area contributed by atoms with Gasteiger partial charge in [-0.1, -0.05) is 24.3 Å². The van der Waals surface area contributed by atoms with Gasteiger partial charge < -0.3 is 10.3 Å². The molecule has 1 aromatic heterocycles. The van der Waals surface area contributed by atoms with Crippen molar-refractivity contribution in [2.24, 2.45) is 0 Å². The number of rotatable bonds is 1. The third-order valence-electron chi connectivity index (χ3n) is 4.37. The standard InChI is InChI=1S/C18H15F3N2/c19-18(20,21)12-4-1-3-11(9-12)13-5-2-6-15-17(13)14-7-8-22-10-16(14)23-15/h1-6,9,22-23H,7-8,10H2. The molecule has 1 aliphatic heterocycles. The third kappa shape index (κ3) is 2.41. The Hall–Kier alpha value is -2.27. The summed E-state index contributed by atoms with van der Waals surface area (Å²) in [5.74, 6) is 0. The Morgan fingerprint density at radius 1 is 1.00 bits per heavy atom. The summed E-state index contributed by atoms with van der Waals surface area (Å²) in [7, 11) is 0. The maximum absolute atomic E-state index is 13.0. The molecule has 1 aliphatic rings. The maximum atomic E-state index is 13.0. The normalized spacial score (nSPS) is 14.9. The molecule has 0 aliphatic carbocycles. The minimum absolute atomic E-state index is 0.603. The summed E-state index contributed by atoms with van der Waals surface area (Å²) in [4.78, 5) is 3.39. The largest absolute Gasteiger partial charge is 0.416 e. The molecule has 0 radical (unpaired) electrons. The van der Waals surface area contributed by atoms with Crippen LogP contribution in [0.15, 0.2) is 42.5 Å². The summed E-state index contributed by atoms with van der Waals surface area (Å²) >= 11 is 0. The lowest BCUT2D eigenvalue weighted by atomic mass is 9.95. The molecule has 0 atom stereocenters. The van der Waals surface area contributed by atoms with Crippen molar-refractivity contribution in [3.8, 4) is 11.1 Å². The Bertz CT molecular complexity index is 878. The van der Waals surface area contributed by atoms with E-state index in [1.807, 2.05) is 18.2 Å². The highest BCUT2D eigenvalue weighted by molar-refractivity contribution is 5.98. The first-order chi connectivity index (χ1) is 11.0. The lowest BCUT2D eigenvalue weighted by Crippen LogP contribution is -2.23. The van der Waals surface area contributed by atoms with Crippen LogP contribution in [0.4, 0.5) is 13.2 Å². The highest BCUT2D eigenvalue weighted by Crippen LogP contribution is 2.37. The number of hydrogen-bond acceptors (Lipinski definition) is 1. The number of benzene rings is 2. The van der Waals surface area contributed by atoms with Crippen molar-refractivity contribution in [3.05, 3.63) is 59.3 Å². The first-order valence-electron chi connectivity index (χ1n) is 7.55. The molecule has 2 N–H and O–H groups in total. The maximum Gasteiger partial charge on any atom is 0.416 e. The Labute approximate surface area is 131 Å². The number of fused-ring (bicyclic) bond motifs is 3. The average molecular weight is 316 g/mol. The van der Waals surface area contributed by atoms with E-state index in [1.54, 1.807) is 6.07 Å². The fraction of sp³-hybridized carbons (Fsp3) is 0.222. The van der Waals surface area contributed by atoms with Crippen LogP contribution in [-0.4, -0.2) is 11.5 Å². The van der Waals surface area contributed by atoms with Gasteiger partial charge in [-0.05, 0) is 47.9 Å². The zero-order valence-electron chi connectivity index (χ0n) is 12.3. The lowest BCUT2D eigenvalue weighted by molar-refractivity contribution is -0.137. The van der Waals surface area contributed by atoms with Crippen LogP contribution in [0.25, 0.3) is 22.0 Å². The number of alkyl halides is 3. The van der Waals surface area contributed by atoms with E-state index in [1.165, 1.54) is 17.7 Å². The van der Waals surface area contributed by atoms with E-state index >= 15 is 0 Å². The zero-order valence-corrected chi connectivity index (χ0v) is 12.3. The van der Waals surface area contributed by atoms with Gasteiger partial charge >= 0.3 is 6.18 Å². The van der Waals surface area contributed by atoms with E-state index in [0.717, 1.165) is 47.7 Å². The van der Waals surface area contributed by atoms with Gasteiger partial charge in [-0.25, -0.2) is 0 Å². The molecule has 5 heteroatoms. The molecule has 118 valence electrons. The lowest BCUT2D eigenvalue weighted by Gasteiger charge is -2.14. The monoisotopic (exact) mass is 316 g/mol. The van der Waals surface area contributed by atoms with Crippen LogP contribution in [0, 0.1) is 0 Å². The van der Waals surface area contributed by atoms with Crippen molar-refractivity contribution in [3.63, 3.8) is 0 Å². The Morgan fingerprint density at radius 2 is 1.83 bits per heavy atom. The zero-order chi connectivity index (χ0) is 16.0. The summed E-state index contributed by atoms with van der Waals surface area (Å²) in [6, 6.07) is 11.3. The van der Waals surface area contributed by atoms with Gasteiger partial charge in [0.2, 0.25) is 0 Å². The molecular formula is C18H15F3N2. The fourth-order valence-electron chi connectivity index (χ4n) is 3.33.